The van der Waals surface area contributed by atoms with Crippen LogP contribution in [0.5, 0.6) is 0 Å². The number of pyridine rings is 1. The van der Waals surface area contributed by atoms with Gasteiger partial charge in [-0.15, -0.1) is 0 Å². The Morgan fingerprint density at radius 1 is 0.872 bits per heavy atom. The topological polar surface area (TPSA) is 105 Å². The first-order chi connectivity index (χ1) is 22.3. The first kappa shape index (κ1) is 35.4. The SMILES string of the molecule is C[Si](C)(C)CCOCN(COCC[Si](C)(C)C)c1cc(C2CCC(O)(CO)CC2)nc2c(-c3ccc(-c4ccccc4)nc3)cnn12. The third-order valence-electron chi connectivity index (χ3n) is 9.06. The molecule has 47 heavy (non-hydrogen) atoms. The average Bonchev–Trinajstić information content (AvgIpc) is 3.48. The van der Waals surface area contributed by atoms with Crippen molar-refractivity contribution in [1.29, 1.82) is 0 Å². The molecule has 254 valence electrons. The molecule has 0 spiro atoms. The zero-order valence-electron chi connectivity index (χ0n) is 29.1. The van der Waals surface area contributed by atoms with Gasteiger partial charge in [-0.1, -0.05) is 75.7 Å². The Morgan fingerprint density at radius 2 is 1.51 bits per heavy atom. The molecule has 1 saturated carbocycles. The Hall–Kier alpha value is -2.94. The lowest BCUT2D eigenvalue weighted by Crippen LogP contribution is -2.37. The largest absolute Gasteiger partial charge is 0.393 e. The van der Waals surface area contributed by atoms with Crippen LogP contribution in [0, 0.1) is 0 Å². The molecule has 5 rings (SSSR count). The summed E-state index contributed by atoms with van der Waals surface area (Å²) < 4.78 is 14.5. The first-order valence-electron chi connectivity index (χ1n) is 17.0. The van der Waals surface area contributed by atoms with Crippen molar-refractivity contribution in [1.82, 2.24) is 19.6 Å². The highest BCUT2D eigenvalue weighted by molar-refractivity contribution is 6.76. The fourth-order valence-electron chi connectivity index (χ4n) is 5.82. The van der Waals surface area contributed by atoms with E-state index in [1.807, 2.05) is 41.2 Å². The summed E-state index contributed by atoms with van der Waals surface area (Å²) in [5.41, 5.74) is 4.52. The van der Waals surface area contributed by atoms with E-state index in [1.165, 1.54) is 0 Å². The van der Waals surface area contributed by atoms with Gasteiger partial charge in [0.2, 0.25) is 0 Å². The summed E-state index contributed by atoms with van der Waals surface area (Å²) in [6.45, 7) is 16.1. The average molecular weight is 676 g/mol. The molecule has 1 fully saturated rings. The van der Waals surface area contributed by atoms with Crippen molar-refractivity contribution in [3.63, 3.8) is 0 Å². The van der Waals surface area contributed by atoms with Crippen molar-refractivity contribution in [2.75, 3.05) is 38.2 Å². The molecule has 4 aromatic rings. The van der Waals surface area contributed by atoms with Gasteiger partial charge < -0.3 is 24.6 Å². The maximum Gasteiger partial charge on any atom is 0.165 e. The normalized spacial score (nSPS) is 18.9. The van der Waals surface area contributed by atoms with Gasteiger partial charge in [-0.25, -0.2) is 4.98 Å². The minimum Gasteiger partial charge on any atom is -0.393 e. The second-order valence-electron chi connectivity index (χ2n) is 15.5. The monoisotopic (exact) mass is 675 g/mol. The highest BCUT2D eigenvalue weighted by Gasteiger charge is 2.34. The van der Waals surface area contributed by atoms with E-state index < -0.39 is 21.7 Å². The smallest absolute Gasteiger partial charge is 0.165 e. The van der Waals surface area contributed by atoms with Crippen LogP contribution in [0.1, 0.15) is 37.3 Å². The zero-order chi connectivity index (χ0) is 33.7. The molecule has 3 aromatic heterocycles. The molecule has 1 aliphatic rings. The van der Waals surface area contributed by atoms with Crippen LogP contribution in [0.3, 0.4) is 0 Å². The van der Waals surface area contributed by atoms with Crippen molar-refractivity contribution in [3.8, 4) is 22.4 Å². The van der Waals surface area contributed by atoms with Crippen LogP contribution in [0.2, 0.25) is 51.4 Å². The van der Waals surface area contributed by atoms with Crippen molar-refractivity contribution < 1.29 is 19.7 Å². The molecule has 0 amide bonds. The first-order valence-corrected chi connectivity index (χ1v) is 24.4. The lowest BCUT2D eigenvalue weighted by molar-refractivity contribution is -0.0458. The third-order valence-corrected chi connectivity index (χ3v) is 12.5. The summed E-state index contributed by atoms with van der Waals surface area (Å²) in [6.07, 6.45) is 6.34. The lowest BCUT2D eigenvalue weighted by Gasteiger charge is -2.34. The van der Waals surface area contributed by atoms with Gasteiger partial charge in [-0.2, -0.15) is 9.61 Å². The van der Waals surface area contributed by atoms with Crippen LogP contribution in [0.4, 0.5) is 5.82 Å². The minimum absolute atomic E-state index is 0.148. The van der Waals surface area contributed by atoms with Gasteiger partial charge in [-0.05, 0) is 43.8 Å². The number of rotatable bonds is 15. The summed E-state index contributed by atoms with van der Waals surface area (Å²) >= 11 is 0. The van der Waals surface area contributed by atoms with Gasteiger partial charge >= 0.3 is 0 Å². The molecule has 0 radical (unpaired) electrons. The maximum absolute atomic E-state index is 10.8. The second-order valence-corrected chi connectivity index (χ2v) is 26.8. The van der Waals surface area contributed by atoms with Gasteiger partial charge in [-0.3, -0.25) is 4.98 Å². The standard InChI is InChI=1S/C36H53N5O4Si2/c1-46(2,3)20-18-44-26-40(27-45-19-21-47(4,5)6)34-22-33(29-14-16-36(43,25-42)17-15-29)39-35-31(24-38-41(34)35)30-12-13-32(37-23-30)28-10-8-7-9-11-28/h7-13,22-24,29,42-43H,14-21,25-27H2,1-6H3. The van der Waals surface area contributed by atoms with Crippen LogP contribution in [-0.2, 0) is 9.47 Å². The maximum atomic E-state index is 10.8. The summed E-state index contributed by atoms with van der Waals surface area (Å²) in [5.74, 6) is 1.02. The number of hydrogen-bond acceptors (Lipinski definition) is 8. The number of benzene rings is 1. The molecule has 0 aliphatic heterocycles. The molecule has 9 nitrogen and oxygen atoms in total. The number of nitrogens with zero attached hydrogens (tertiary/aromatic N) is 5. The lowest BCUT2D eigenvalue weighted by atomic mass is 9.78. The number of aromatic nitrogens is 4. The summed E-state index contributed by atoms with van der Waals surface area (Å²) in [7, 11) is -2.51. The molecule has 3 heterocycles. The minimum atomic E-state index is -1.25. The van der Waals surface area contributed by atoms with E-state index in [0.717, 1.165) is 64.5 Å². The Morgan fingerprint density at radius 3 is 2.06 bits per heavy atom. The Labute approximate surface area is 282 Å². The van der Waals surface area contributed by atoms with Gasteiger partial charge in [0.15, 0.2) is 5.65 Å². The zero-order valence-corrected chi connectivity index (χ0v) is 31.1. The summed E-state index contributed by atoms with van der Waals surface area (Å²) in [4.78, 5) is 12.1. The highest BCUT2D eigenvalue weighted by Crippen LogP contribution is 2.39. The molecular weight excluding hydrogens is 623 g/mol. The van der Waals surface area contributed by atoms with E-state index in [9.17, 15) is 10.2 Å². The molecule has 2 N–H and O–H groups in total. The molecule has 0 atom stereocenters. The van der Waals surface area contributed by atoms with E-state index in [2.05, 4.69) is 68.4 Å². The molecule has 11 heteroatoms. The van der Waals surface area contributed by atoms with Gasteiger partial charge in [0.1, 0.15) is 19.3 Å². The van der Waals surface area contributed by atoms with Gasteiger partial charge in [0.05, 0.1) is 24.1 Å². The molecule has 0 unspecified atom stereocenters. The van der Waals surface area contributed by atoms with Crippen molar-refractivity contribution in [2.24, 2.45) is 0 Å². The fourth-order valence-corrected chi connectivity index (χ4v) is 7.33. The van der Waals surface area contributed by atoms with Gasteiger partial charge in [0, 0.05) is 69.9 Å². The quantitative estimate of drug-likeness (QED) is 0.0770. The predicted molar refractivity (Wildman–Crippen MR) is 195 cm³/mol. The Bertz CT molecular complexity index is 1560. The van der Waals surface area contributed by atoms with Crippen LogP contribution in [-0.4, -0.2) is 84.8 Å². The second kappa shape index (κ2) is 15.1. The van der Waals surface area contributed by atoms with Crippen molar-refractivity contribution in [2.45, 2.75) is 88.6 Å². The Kier molecular flexibility index (Phi) is 11.4. The van der Waals surface area contributed by atoms with E-state index in [-0.39, 0.29) is 12.5 Å². The number of hydrogen-bond donors (Lipinski definition) is 2. The number of anilines is 1. The van der Waals surface area contributed by atoms with E-state index in [0.29, 0.717) is 39.5 Å². The fraction of sp³-hybridized carbons (Fsp3) is 0.528. The van der Waals surface area contributed by atoms with Crippen LogP contribution in [0.25, 0.3) is 28.0 Å². The molecule has 0 bridgehead atoms. The van der Waals surface area contributed by atoms with Crippen LogP contribution < -0.4 is 4.90 Å². The van der Waals surface area contributed by atoms with E-state index in [4.69, 9.17) is 24.5 Å². The Balaban J connectivity index is 1.51. The van der Waals surface area contributed by atoms with Crippen molar-refractivity contribution >= 4 is 27.6 Å². The summed E-state index contributed by atoms with van der Waals surface area (Å²) in [6, 6.07) is 18.6. The van der Waals surface area contributed by atoms with Crippen LogP contribution in [0.15, 0.2) is 60.9 Å². The molecule has 0 saturated heterocycles. The van der Waals surface area contributed by atoms with E-state index in [1.54, 1.807) is 0 Å². The van der Waals surface area contributed by atoms with Crippen molar-refractivity contribution in [3.05, 3.63) is 66.6 Å². The number of aliphatic hydroxyl groups excluding tert-OH is 1. The molecule has 1 aliphatic carbocycles. The molecule has 1 aromatic carbocycles. The van der Waals surface area contributed by atoms with E-state index >= 15 is 0 Å². The van der Waals surface area contributed by atoms with Gasteiger partial charge in [0.25, 0.3) is 0 Å². The summed E-state index contributed by atoms with van der Waals surface area (Å²) in [5, 5.41) is 25.4. The number of ether oxygens (including phenoxy) is 2. The number of fused-ring (bicyclic) bond motifs is 1. The third kappa shape index (κ3) is 9.58. The predicted octanol–water partition coefficient (Wildman–Crippen LogP) is 7.27. The molecular formula is C36H53N5O4Si2. The van der Waals surface area contributed by atoms with Crippen LogP contribution >= 0.6 is 0 Å². The highest BCUT2D eigenvalue weighted by atomic mass is 28.3. The number of aliphatic hydroxyl groups is 2.